The molecule has 0 saturated heterocycles. The highest BCUT2D eigenvalue weighted by atomic mass is 79.9. The van der Waals surface area contributed by atoms with E-state index in [9.17, 15) is 0 Å². The van der Waals surface area contributed by atoms with E-state index < -0.39 is 0 Å². The summed E-state index contributed by atoms with van der Waals surface area (Å²) < 4.78 is 1.16. The van der Waals surface area contributed by atoms with Crippen molar-refractivity contribution in [2.45, 2.75) is 38.3 Å². The molecule has 3 rings (SSSR count). The molecule has 20 heavy (non-hydrogen) atoms. The number of hydrogen-bond donors (Lipinski definition) is 1. The summed E-state index contributed by atoms with van der Waals surface area (Å²) in [6, 6.07) is 18.1. The lowest BCUT2D eigenvalue weighted by molar-refractivity contribution is 0.289. The van der Waals surface area contributed by atoms with Gasteiger partial charge in [-0.1, -0.05) is 52.3 Å². The first kappa shape index (κ1) is 13.8. The molecule has 1 saturated carbocycles. The Bertz CT molecular complexity index is 570. The number of aryl methyl sites for hydroxylation is 1. The predicted molar refractivity (Wildman–Crippen MR) is 87.9 cm³/mol. The Morgan fingerprint density at radius 1 is 1.05 bits per heavy atom. The van der Waals surface area contributed by atoms with Crippen molar-refractivity contribution in [1.82, 2.24) is 5.32 Å². The molecule has 1 N–H and O–H groups in total. The molecule has 0 unspecified atom stereocenters. The molecule has 0 heterocycles. The highest BCUT2D eigenvalue weighted by Gasteiger charge is 2.29. The van der Waals surface area contributed by atoms with Crippen LogP contribution in [0.4, 0.5) is 0 Å². The van der Waals surface area contributed by atoms with E-state index in [4.69, 9.17) is 0 Å². The second kappa shape index (κ2) is 6.11. The third-order valence-electron chi connectivity index (χ3n) is 4.32. The molecule has 0 bridgehead atoms. The van der Waals surface area contributed by atoms with Crippen molar-refractivity contribution in [2.75, 3.05) is 0 Å². The van der Waals surface area contributed by atoms with E-state index in [0.717, 1.165) is 16.9 Å². The van der Waals surface area contributed by atoms with E-state index in [1.807, 2.05) is 0 Å². The topological polar surface area (TPSA) is 12.0 Å². The fraction of sp³-hybridized carbons (Fsp3) is 0.333. The fourth-order valence-electron chi connectivity index (χ4n) is 2.85. The molecule has 1 fully saturated rings. The van der Waals surface area contributed by atoms with Crippen molar-refractivity contribution in [1.29, 1.82) is 0 Å². The normalized spacial score (nSPS) is 21.5. The summed E-state index contributed by atoms with van der Waals surface area (Å²) >= 11 is 3.49. The number of hydrogen-bond acceptors (Lipinski definition) is 1. The largest absolute Gasteiger partial charge is 0.310 e. The number of rotatable bonds is 4. The summed E-state index contributed by atoms with van der Waals surface area (Å²) in [6.45, 7) is 3.17. The molecule has 0 atom stereocenters. The van der Waals surface area contributed by atoms with E-state index in [1.54, 1.807) is 0 Å². The van der Waals surface area contributed by atoms with Crippen LogP contribution in [-0.4, -0.2) is 6.04 Å². The van der Waals surface area contributed by atoms with Crippen molar-refractivity contribution >= 4 is 15.9 Å². The van der Waals surface area contributed by atoms with E-state index in [-0.39, 0.29) is 0 Å². The lowest BCUT2D eigenvalue weighted by Crippen LogP contribution is -2.39. The zero-order chi connectivity index (χ0) is 13.9. The van der Waals surface area contributed by atoms with Gasteiger partial charge in [0.2, 0.25) is 0 Å². The second-order valence-corrected chi connectivity index (χ2v) is 6.64. The molecule has 0 amide bonds. The van der Waals surface area contributed by atoms with Gasteiger partial charge in [0.1, 0.15) is 0 Å². The Kier molecular flexibility index (Phi) is 4.23. The predicted octanol–water partition coefficient (Wildman–Crippen LogP) is 4.79. The van der Waals surface area contributed by atoms with Crippen molar-refractivity contribution < 1.29 is 0 Å². The maximum atomic E-state index is 3.68. The number of halogens is 1. The SMILES string of the molecule is Cc1ccccc1CNC1CC(c2ccc(Br)cc2)C1. The molecule has 1 aliphatic rings. The van der Waals surface area contributed by atoms with Crippen LogP contribution in [0.5, 0.6) is 0 Å². The van der Waals surface area contributed by atoms with Crippen LogP contribution in [0, 0.1) is 6.92 Å². The Labute approximate surface area is 129 Å². The Balaban J connectivity index is 1.49. The molecule has 0 aliphatic heterocycles. The van der Waals surface area contributed by atoms with Gasteiger partial charge in [-0.25, -0.2) is 0 Å². The maximum absolute atomic E-state index is 3.68. The minimum atomic E-state index is 0.670. The maximum Gasteiger partial charge on any atom is 0.0210 e. The molecule has 1 aliphatic carbocycles. The summed E-state index contributed by atoms with van der Waals surface area (Å²) in [7, 11) is 0. The van der Waals surface area contributed by atoms with E-state index in [0.29, 0.717) is 6.04 Å². The third kappa shape index (κ3) is 3.13. The summed E-state index contributed by atoms with van der Waals surface area (Å²) in [6.07, 6.45) is 2.51. The van der Waals surface area contributed by atoms with Gasteiger partial charge in [0, 0.05) is 17.1 Å². The van der Waals surface area contributed by atoms with Crippen LogP contribution >= 0.6 is 15.9 Å². The molecule has 0 spiro atoms. The average Bonchev–Trinajstić information content (AvgIpc) is 2.41. The first-order valence-electron chi connectivity index (χ1n) is 7.26. The zero-order valence-electron chi connectivity index (χ0n) is 11.8. The van der Waals surface area contributed by atoms with Crippen molar-refractivity contribution in [3.8, 4) is 0 Å². The van der Waals surface area contributed by atoms with Crippen LogP contribution in [0.25, 0.3) is 0 Å². The molecule has 2 heteroatoms. The smallest absolute Gasteiger partial charge is 0.0210 e. The lowest BCUT2D eigenvalue weighted by atomic mass is 9.76. The summed E-state index contributed by atoms with van der Waals surface area (Å²) in [4.78, 5) is 0. The minimum absolute atomic E-state index is 0.670. The standard InChI is InChI=1S/C18H20BrN/c1-13-4-2-3-5-15(13)12-20-18-10-16(11-18)14-6-8-17(19)9-7-14/h2-9,16,18,20H,10-12H2,1H3. The van der Waals surface area contributed by atoms with Gasteiger partial charge < -0.3 is 5.32 Å². The van der Waals surface area contributed by atoms with E-state index in [1.165, 1.54) is 29.5 Å². The molecule has 0 radical (unpaired) electrons. The van der Waals surface area contributed by atoms with Crippen LogP contribution in [0.2, 0.25) is 0 Å². The Morgan fingerprint density at radius 2 is 1.75 bits per heavy atom. The molecule has 1 nitrogen and oxygen atoms in total. The lowest BCUT2D eigenvalue weighted by Gasteiger charge is -2.36. The van der Waals surface area contributed by atoms with Crippen LogP contribution in [0.3, 0.4) is 0 Å². The van der Waals surface area contributed by atoms with Crippen LogP contribution in [-0.2, 0) is 6.54 Å². The summed E-state index contributed by atoms with van der Waals surface area (Å²) in [5, 5.41) is 3.68. The molecule has 2 aromatic rings. The van der Waals surface area contributed by atoms with Crippen molar-refractivity contribution in [3.05, 3.63) is 69.7 Å². The third-order valence-corrected chi connectivity index (χ3v) is 4.85. The van der Waals surface area contributed by atoms with Gasteiger partial charge in [-0.05, 0) is 54.5 Å². The average molecular weight is 330 g/mol. The van der Waals surface area contributed by atoms with Gasteiger partial charge in [0.05, 0.1) is 0 Å². The molecular formula is C18H20BrN. The Hall–Kier alpha value is -1.12. The summed E-state index contributed by atoms with van der Waals surface area (Å²) in [5.74, 6) is 0.734. The van der Waals surface area contributed by atoms with Crippen LogP contribution in [0.1, 0.15) is 35.4 Å². The fourth-order valence-corrected chi connectivity index (χ4v) is 3.12. The monoisotopic (exact) mass is 329 g/mol. The highest BCUT2D eigenvalue weighted by Crippen LogP contribution is 2.37. The van der Waals surface area contributed by atoms with Gasteiger partial charge in [-0.3, -0.25) is 0 Å². The number of nitrogens with one attached hydrogen (secondary N) is 1. The van der Waals surface area contributed by atoms with E-state index >= 15 is 0 Å². The van der Waals surface area contributed by atoms with Gasteiger partial charge in [-0.2, -0.15) is 0 Å². The first-order valence-corrected chi connectivity index (χ1v) is 8.05. The van der Waals surface area contributed by atoms with E-state index in [2.05, 4.69) is 76.7 Å². The van der Waals surface area contributed by atoms with Crippen LogP contribution < -0.4 is 5.32 Å². The zero-order valence-corrected chi connectivity index (χ0v) is 13.4. The van der Waals surface area contributed by atoms with Crippen molar-refractivity contribution in [2.24, 2.45) is 0 Å². The van der Waals surface area contributed by atoms with Gasteiger partial charge in [0.25, 0.3) is 0 Å². The minimum Gasteiger partial charge on any atom is -0.310 e. The quantitative estimate of drug-likeness (QED) is 0.850. The second-order valence-electron chi connectivity index (χ2n) is 5.72. The molecule has 2 aromatic carbocycles. The first-order chi connectivity index (χ1) is 9.72. The van der Waals surface area contributed by atoms with Gasteiger partial charge in [0.15, 0.2) is 0 Å². The van der Waals surface area contributed by atoms with Gasteiger partial charge in [-0.15, -0.1) is 0 Å². The summed E-state index contributed by atoms with van der Waals surface area (Å²) in [5.41, 5.74) is 4.27. The molecule has 104 valence electrons. The highest BCUT2D eigenvalue weighted by molar-refractivity contribution is 9.10. The van der Waals surface area contributed by atoms with Crippen molar-refractivity contribution in [3.63, 3.8) is 0 Å². The van der Waals surface area contributed by atoms with Crippen LogP contribution in [0.15, 0.2) is 53.0 Å². The Morgan fingerprint density at radius 3 is 2.45 bits per heavy atom. The molecule has 0 aromatic heterocycles. The van der Waals surface area contributed by atoms with Gasteiger partial charge >= 0.3 is 0 Å². The molecular weight excluding hydrogens is 310 g/mol. The number of benzene rings is 2.